The monoisotopic (exact) mass is 358 g/mol. The van der Waals surface area contributed by atoms with Gasteiger partial charge in [-0.1, -0.05) is 0 Å². The summed E-state index contributed by atoms with van der Waals surface area (Å²) in [7, 11) is 0. The molecule has 7 N–H and O–H groups in total. The number of carbonyl (C=O) groups is 5. The fourth-order valence-electron chi connectivity index (χ4n) is 2.58. The van der Waals surface area contributed by atoms with Crippen LogP contribution in [-0.4, -0.2) is 69.4 Å². The van der Waals surface area contributed by atoms with Crippen molar-refractivity contribution in [1.29, 1.82) is 0 Å². The smallest absolute Gasteiger partial charge is 0.326 e. The molecule has 1 aliphatic rings. The van der Waals surface area contributed by atoms with Gasteiger partial charge in [0.25, 0.3) is 0 Å². The Balaban J connectivity index is 2.73. The number of likely N-dealkylation sites (tertiary alicyclic amines) is 1. The van der Waals surface area contributed by atoms with E-state index in [4.69, 9.17) is 21.7 Å². The van der Waals surface area contributed by atoms with Crippen molar-refractivity contribution in [3.63, 3.8) is 0 Å². The van der Waals surface area contributed by atoms with E-state index in [0.717, 1.165) is 0 Å². The summed E-state index contributed by atoms with van der Waals surface area (Å²) in [6.07, 6.45) is 0.00943. The van der Waals surface area contributed by atoms with Crippen molar-refractivity contribution in [2.75, 3.05) is 6.54 Å². The second kappa shape index (κ2) is 8.97. The van der Waals surface area contributed by atoms with E-state index < -0.39 is 54.2 Å². The van der Waals surface area contributed by atoms with E-state index in [9.17, 15) is 24.0 Å². The molecule has 1 saturated heterocycles. The number of primary amides is 1. The lowest BCUT2D eigenvalue weighted by Crippen LogP contribution is -2.54. The number of nitrogens with two attached hydrogens (primary N) is 2. The molecule has 11 heteroatoms. The van der Waals surface area contributed by atoms with E-state index in [1.54, 1.807) is 0 Å². The first kappa shape index (κ1) is 20.4. The second-order valence-electron chi connectivity index (χ2n) is 5.80. The van der Waals surface area contributed by atoms with Gasteiger partial charge in [0.05, 0.1) is 12.5 Å². The van der Waals surface area contributed by atoms with E-state index >= 15 is 0 Å². The molecule has 0 aliphatic carbocycles. The van der Waals surface area contributed by atoms with E-state index in [2.05, 4.69) is 5.32 Å². The topological polar surface area (TPSA) is 193 Å². The Morgan fingerprint density at radius 2 is 1.84 bits per heavy atom. The largest absolute Gasteiger partial charge is 0.481 e. The van der Waals surface area contributed by atoms with Gasteiger partial charge in [-0.2, -0.15) is 0 Å². The number of carbonyl (C=O) groups excluding carboxylic acids is 3. The SMILES string of the molecule is NC(=O)CC[C@H](N)C(=O)N1CCC[C@H]1C(=O)N[C@@H](CC(=O)O)C(=O)O. The van der Waals surface area contributed by atoms with Gasteiger partial charge in [-0.05, 0) is 19.3 Å². The Labute approximate surface area is 143 Å². The minimum absolute atomic E-state index is 0.0375. The lowest BCUT2D eigenvalue weighted by atomic mass is 10.1. The fraction of sp³-hybridized carbons (Fsp3) is 0.643. The van der Waals surface area contributed by atoms with Crippen LogP contribution in [0.3, 0.4) is 0 Å². The van der Waals surface area contributed by atoms with Crippen LogP contribution in [0.1, 0.15) is 32.1 Å². The molecular weight excluding hydrogens is 336 g/mol. The third-order valence-electron chi connectivity index (χ3n) is 3.85. The first-order valence-electron chi connectivity index (χ1n) is 7.72. The average Bonchev–Trinajstić information content (AvgIpc) is 3.00. The van der Waals surface area contributed by atoms with Crippen LogP contribution in [0, 0.1) is 0 Å². The minimum atomic E-state index is -1.59. The van der Waals surface area contributed by atoms with Crippen molar-refractivity contribution in [1.82, 2.24) is 10.2 Å². The van der Waals surface area contributed by atoms with E-state index in [1.165, 1.54) is 4.90 Å². The first-order chi connectivity index (χ1) is 11.6. The van der Waals surface area contributed by atoms with Crippen molar-refractivity contribution >= 4 is 29.7 Å². The molecule has 0 spiro atoms. The van der Waals surface area contributed by atoms with Crippen molar-refractivity contribution in [2.24, 2.45) is 11.5 Å². The maximum atomic E-state index is 12.3. The minimum Gasteiger partial charge on any atom is -0.481 e. The summed E-state index contributed by atoms with van der Waals surface area (Å²) >= 11 is 0. The summed E-state index contributed by atoms with van der Waals surface area (Å²) in [5, 5.41) is 19.8. The van der Waals surface area contributed by atoms with Crippen molar-refractivity contribution in [2.45, 2.75) is 50.2 Å². The number of rotatable bonds is 9. The maximum Gasteiger partial charge on any atom is 0.326 e. The summed E-state index contributed by atoms with van der Waals surface area (Å²) in [5.74, 6) is -4.74. The van der Waals surface area contributed by atoms with Gasteiger partial charge in [0.1, 0.15) is 12.1 Å². The quantitative estimate of drug-likeness (QED) is 0.301. The predicted octanol–water partition coefficient (Wildman–Crippen LogP) is -2.39. The Bertz CT molecular complexity index is 565. The number of amides is 3. The van der Waals surface area contributed by atoms with Crippen LogP contribution in [-0.2, 0) is 24.0 Å². The second-order valence-corrected chi connectivity index (χ2v) is 5.80. The van der Waals surface area contributed by atoms with Crippen LogP contribution in [0.2, 0.25) is 0 Å². The Hall–Kier alpha value is -2.69. The standard InChI is InChI=1S/C14H22N4O7/c15-7(3-4-10(16)19)13(23)18-5-1-2-9(18)12(22)17-8(14(24)25)6-11(20)21/h7-9H,1-6,15H2,(H2,16,19)(H,17,22)(H,20,21)(H,24,25)/t7-,8-,9-/m0/s1. The highest BCUT2D eigenvalue weighted by Gasteiger charge is 2.37. The summed E-state index contributed by atoms with van der Waals surface area (Å²) in [6, 6.07) is -3.52. The van der Waals surface area contributed by atoms with Crippen LogP contribution >= 0.6 is 0 Å². The Kier molecular flexibility index (Phi) is 7.30. The number of carboxylic acid groups (broad SMARTS) is 2. The lowest BCUT2D eigenvalue weighted by molar-refractivity contribution is -0.148. The number of hydrogen-bond acceptors (Lipinski definition) is 6. The van der Waals surface area contributed by atoms with E-state index in [1.807, 2.05) is 0 Å². The van der Waals surface area contributed by atoms with Crippen molar-refractivity contribution in [3.05, 3.63) is 0 Å². The van der Waals surface area contributed by atoms with Gasteiger partial charge in [-0.3, -0.25) is 19.2 Å². The summed E-state index contributed by atoms with van der Waals surface area (Å²) in [4.78, 5) is 58.3. The molecule has 3 amide bonds. The number of nitrogens with one attached hydrogen (secondary N) is 1. The zero-order valence-electron chi connectivity index (χ0n) is 13.5. The van der Waals surface area contributed by atoms with Crippen LogP contribution in [0.5, 0.6) is 0 Å². The van der Waals surface area contributed by atoms with Gasteiger partial charge in [0.2, 0.25) is 17.7 Å². The molecule has 0 saturated carbocycles. The molecule has 0 aromatic rings. The number of carboxylic acids is 2. The van der Waals surface area contributed by atoms with E-state index in [-0.39, 0.29) is 19.4 Å². The van der Waals surface area contributed by atoms with Gasteiger partial charge >= 0.3 is 11.9 Å². The predicted molar refractivity (Wildman–Crippen MR) is 83.0 cm³/mol. The van der Waals surface area contributed by atoms with Crippen LogP contribution in [0.4, 0.5) is 0 Å². The number of hydrogen-bond donors (Lipinski definition) is 5. The van der Waals surface area contributed by atoms with Gasteiger partial charge in [-0.25, -0.2) is 4.79 Å². The molecule has 140 valence electrons. The lowest BCUT2D eigenvalue weighted by Gasteiger charge is -2.27. The zero-order valence-corrected chi connectivity index (χ0v) is 13.5. The Morgan fingerprint density at radius 1 is 1.20 bits per heavy atom. The highest BCUT2D eigenvalue weighted by Crippen LogP contribution is 2.19. The summed E-state index contributed by atoms with van der Waals surface area (Å²) < 4.78 is 0. The molecule has 1 heterocycles. The Morgan fingerprint density at radius 3 is 2.36 bits per heavy atom. The molecule has 3 atom stereocenters. The third-order valence-corrected chi connectivity index (χ3v) is 3.85. The van der Waals surface area contributed by atoms with Crippen LogP contribution < -0.4 is 16.8 Å². The van der Waals surface area contributed by atoms with Crippen LogP contribution in [0.15, 0.2) is 0 Å². The molecule has 25 heavy (non-hydrogen) atoms. The molecule has 0 aromatic heterocycles. The molecule has 0 aromatic carbocycles. The van der Waals surface area contributed by atoms with Crippen molar-refractivity contribution < 1.29 is 34.2 Å². The molecule has 11 nitrogen and oxygen atoms in total. The fourth-order valence-corrected chi connectivity index (χ4v) is 2.58. The third kappa shape index (κ3) is 6.03. The normalized spacial score (nSPS) is 19.1. The van der Waals surface area contributed by atoms with Gasteiger partial charge in [0.15, 0.2) is 0 Å². The highest BCUT2D eigenvalue weighted by atomic mass is 16.4. The van der Waals surface area contributed by atoms with Gasteiger partial charge in [-0.15, -0.1) is 0 Å². The molecule has 0 unspecified atom stereocenters. The number of nitrogens with zero attached hydrogens (tertiary/aromatic N) is 1. The molecule has 1 rings (SSSR count). The molecular formula is C14H22N4O7. The average molecular weight is 358 g/mol. The zero-order chi connectivity index (χ0) is 19.1. The summed E-state index contributed by atoms with van der Waals surface area (Å²) in [6.45, 7) is 0.262. The highest BCUT2D eigenvalue weighted by molar-refractivity contribution is 5.93. The number of aliphatic carboxylic acids is 2. The molecule has 1 fully saturated rings. The van der Waals surface area contributed by atoms with Crippen molar-refractivity contribution in [3.8, 4) is 0 Å². The van der Waals surface area contributed by atoms with Gasteiger partial charge in [0, 0.05) is 13.0 Å². The molecule has 0 radical (unpaired) electrons. The maximum absolute atomic E-state index is 12.3. The summed E-state index contributed by atoms with van der Waals surface area (Å²) in [5.41, 5.74) is 10.7. The van der Waals surface area contributed by atoms with E-state index in [0.29, 0.717) is 12.8 Å². The molecule has 1 aliphatic heterocycles. The first-order valence-corrected chi connectivity index (χ1v) is 7.72. The van der Waals surface area contributed by atoms with Crippen LogP contribution in [0.25, 0.3) is 0 Å². The molecule has 0 bridgehead atoms. The van der Waals surface area contributed by atoms with Gasteiger partial charge < -0.3 is 31.9 Å².